The number of methoxy groups -OCH3 is 1. The van der Waals surface area contributed by atoms with Gasteiger partial charge >= 0.3 is 6.61 Å². The molecule has 1 aromatic carbocycles. The molecule has 0 bridgehead atoms. The monoisotopic (exact) mass is 395 g/mol. The van der Waals surface area contributed by atoms with Gasteiger partial charge in [0.15, 0.2) is 11.5 Å². The van der Waals surface area contributed by atoms with Crippen LogP contribution in [-0.2, 0) is 6.54 Å². The number of anilines is 1. The highest BCUT2D eigenvalue weighted by atomic mass is 19.3. The molecule has 1 aliphatic rings. The van der Waals surface area contributed by atoms with Gasteiger partial charge in [0.2, 0.25) is 5.95 Å². The van der Waals surface area contributed by atoms with Crippen molar-refractivity contribution >= 4 is 11.6 Å². The maximum atomic E-state index is 12.5. The van der Waals surface area contributed by atoms with Gasteiger partial charge in [-0.25, -0.2) is 9.97 Å². The van der Waals surface area contributed by atoms with Gasteiger partial charge in [-0.15, -0.1) is 0 Å². The molecule has 0 N–H and O–H groups in total. The number of nitro benzene ring substituents is 1. The molecule has 1 aliphatic heterocycles. The van der Waals surface area contributed by atoms with E-state index in [1.54, 1.807) is 18.5 Å². The van der Waals surface area contributed by atoms with Crippen LogP contribution in [0, 0.1) is 10.1 Å². The van der Waals surface area contributed by atoms with Crippen molar-refractivity contribution in [2.24, 2.45) is 0 Å². The lowest BCUT2D eigenvalue weighted by Gasteiger charge is -2.34. The fourth-order valence-electron chi connectivity index (χ4n) is 3.04. The molecule has 28 heavy (non-hydrogen) atoms. The standard InChI is InChI=1S/C17H19F2N5O4/c1-27-14-9-12(13(24(25)26)10-15(14)28-16(18)19)11-22-5-7-23(8-6-22)17-20-3-2-4-21-17/h2-4,9-10,16H,5-8,11H2,1H3. The van der Waals surface area contributed by atoms with E-state index in [9.17, 15) is 18.9 Å². The molecule has 0 atom stereocenters. The molecule has 11 heteroatoms. The van der Waals surface area contributed by atoms with Crippen LogP contribution in [-0.4, -0.2) is 59.7 Å². The molecule has 150 valence electrons. The maximum Gasteiger partial charge on any atom is 0.387 e. The number of alkyl halides is 2. The van der Waals surface area contributed by atoms with E-state index in [2.05, 4.69) is 14.7 Å². The van der Waals surface area contributed by atoms with Gasteiger partial charge in [-0.1, -0.05) is 0 Å². The predicted molar refractivity (Wildman–Crippen MR) is 95.8 cm³/mol. The van der Waals surface area contributed by atoms with E-state index in [0.717, 1.165) is 6.07 Å². The van der Waals surface area contributed by atoms with Crippen molar-refractivity contribution in [1.82, 2.24) is 14.9 Å². The Morgan fingerprint density at radius 1 is 1.18 bits per heavy atom. The van der Waals surface area contributed by atoms with Gasteiger partial charge in [0.05, 0.1) is 18.1 Å². The molecule has 0 spiro atoms. The molecule has 9 nitrogen and oxygen atoms in total. The van der Waals surface area contributed by atoms with Crippen LogP contribution in [0.25, 0.3) is 0 Å². The smallest absolute Gasteiger partial charge is 0.387 e. The summed E-state index contributed by atoms with van der Waals surface area (Å²) in [5.41, 5.74) is 0.0816. The third kappa shape index (κ3) is 4.60. The highest BCUT2D eigenvalue weighted by Gasteiger charge is 2.25. The van der Waals surface area contributed by atoms with E-state index in [1.807, 2.05) is 9.80 Å². The molecule has 1 saturated heterocycles. The van der Waals surface area contributed by atoms with E-state index in [1.165, 1.54) is 13.2 Å². The van der Waals surface area contributed by atoms with Crippen molar-refractivity contribution in [2.75, 3.05) is 38.2 Å². The Morgan fingerprint density at radius 2 is 1.86 bits per heavy atom. The number of hydrogen-bond acceptors (Lipinski definition) is 8. The second kappa shape index (κ2) is 8.74. The topological polar surface area (TPSA) is 93.9 Å². The summed E-state index contributed by atoms with van der Waals surface area (Å²) in [6.45, 7) is -0.193. The number of aromatic nitrogens is 2. The van der Waals surface area contributed by atoms with E-state index >= 15 is 0 Å². The molecule has 0 saturated carbocycles. The van der Waals surface area contributed by atoms with Crippen molar-refractivity contribution in [2.45, 2.75) is 13.2 Å². The molecule has 2 aromatic rings. The maximum absolute atomic E-state index is 12.5. The highest BCUT2D eigenvalue weighted by molar-refractivity contribution is 5.54. The molecular formula is C17H19F2N5O4. The molecule has 0 unspecified atom stereocenters. The third-order valence-corrected chi connectivity index (χ3v) is 4.38. The molecule has 0 aliphatic carbocycles. The SMILES string of the molecule is COc1cc(CN2CCN(c3ncccn3)CC2)c([N+](=O)[O-])cc1OC(F)F. The highest BCUT2D eigenvalue weighted by Crippen LogP contribution is 2.36. The summed E-state index contributed by atoms with van der Waals surface area (Å²) in [5, 5.41) is 11.4. The molecule has 3 rings (SSSR count). The number of piperazine rings is 1. The number of hydrogen-bond donors (Lipinski definition) is 0. The third-order valence-electron chi connectivity index (χ3n) is 4.38. The van der Waals surface area contributed by atoms with Gasteiger partial charge in [-0.05, 0) is 12.1 Å². The first kappa shape index (κ1) is 19.7. The van der Waals surface area contributed by atoms with Crippen molar-refractivity contribution in [3.8, 4) is 11.5 Å². The quantitative estimate of drug-likeness (QED) is 0.521. The van der Waals surface area contributed by atoms with E-state index in [-0.39, 0.29) is 23.7 Å². The van der Waals surface area contributed by atoms with Gasteiger partial charge in [0, 0.05) is 50.7 Å². The Morgan fingerprint density at radius 3 is 2.43 bits per heavy atom. The average molecular weight is 395 g/mol. The lowest BCUT2D eigenvalue weighted by atomic mass is 10.1. The van der Waals surface area contributed by atoms with Crippen LogP contribution in [0.4, 0.5) is 20.4 Å². The van der Waals surface area contributed by atoms with Crippen LogP contribution in [0.1, 0.15) is 5.56 Å². The second-order valence-electron chi connectivity index (χ2n) is 6.08. The van der Waals surface area contributed by atoms with Crippen molar-refractivity contribution in [3.05, 3.63) is 46.3 Å². The number of ether oxygens (including phenoxy) is 2. The molecule has 0 amide bonds. The second-order valence-corrected chi connectivity index (χ2v) is 6.08. The summed E-state index contributed by atoms with van der Waals surface area (Å²) in [6.07, 6.45) is 3.35. The summed E-state index contributed by atoms with van der Waals surface area (Å²) >= 11 is 0. The Kier molecular flexibility index (Phi) is 6.14. The minimum Gasteiger partial charge on any atom is -0.493 e. The molecule has 0 radical (unpaired) electrons. The average Bonchev–Trinajstić information content (AvgIpc) is 2.69. The van der Waals surface area contributed by atoms with Crippen LogP contribution in [0.3, 0.4) is 0 Å². The van der Waals surface area contributed by atoms with E-state index in [4.69, 9.17) is 4.74 Å². The van der Waals surface area contributed by atoms with E-state index in [0.29, 0.717) is 37.7 Å². The van der Waals surface area contributed by atoms with Gasteiger partial charge in [0.25, 0.3) is 5.69 Å². The Balaban J connectivity index is 1.74. The molecule has 1 aromatic heterocycles. The van der Waals surface area contributed by atoms with Crippen LogP contribution < -0.4 is 14.4 Å². The summed E-state index contributed by atoms with van der Waals surface area (Å²) < 4.78 is 34.5. The number of rotatable bonds is 7. The zero-order chi connectivity index (χ0) is 20.1. The van der Waals surface area contributed by atoms with Gasteiger partial charge < -0.3 is 14.4 Å². The lowest BCUT2D eigenvalue weighted by Crippen LogP contribution is -2.46. The fourth-order valence-corrected chi connectivity index (χ4v) is 3.04. The Labute approximate surface area is 159 Å². The summed E-state index contributed by atoms with van der Waals surface area (Å²) in [7, 11) is 1.29. The summed E-state index contributed by atoms with van der Waals surface area (Å²) in [5.74, 6) is 0.305. The molecule has 1 fully saturated rings. The number of nitro groups is 1. The fraction of sp³-hybridized carbons (Fsp3) is 0.412. The number of halogens is 2. The summed E-state index contributed by atoms with van der Waals surface area (Å²) in [6, 6.07) is 4.10. The first-order valence-electron chi connectivity index (χ1n) is 8.52. The molecular weight excluding hydrogens is 376 g/mol. The largest absolute Gasteiger partial charge is 0.493 e. The lowest BCUT2D eigenvalue weighted by molar-refractivity contribution is -0.385. The minimum atomic E-state index is -3.10. The molecule has 2 heterocycles. The predicted octanol–water partition coefficient (Wildman–Crippen LogP) is 2.32. The van der Waals surface area contributed by atoms with Gasteiger partial charge in [-0.3, -0.25) is 15.0 Å². The van der Waals surface area contributed by atoms with Gasteiger partial charge in [-0.2, -0.15) is 8.78 Å². The van der Waals surface area contributed by atoms with Crippen molar-refractivity contribution in [3.63, 3.8) is 0 Å². The normalized spacial score (nSPS) is 14.9. The summed E-state index contributed by atoms with van der Waals surface area (Å²) in [4.78, 5) is 23.3. The number of nitrogens with zero attached hydrogens (tertiary/aromatic N) is 5. The first-order valence-corrected chi connectivity index (χ1v) is 8.52. The Bertz CT molecular complexity index is 817. The van der Waals surface area contributed by atoms with Crippen molar-refractivity contribution < 1.29 is 23.2 Å². The Hall–Kier alpha value is -3.08. The van der Waals surface area contributed by atoms with Crippen LogP contribution in [0.2, 0.25) is 0 Å². The zero-order valence-corrected chi connectivity index (χ0v) is 15.1. The van der Waals surface area contributed by atoms with E-state index < -0.39 is 11.5 Å². The van der Waals surface area contributed by atoms with Crippen LogP contribution in [0.15, 0.2) is 30.6 Å². The first-order chi connectivity index (χ1) is 13.5. The van der Waals surface area contributed by atoms with Crippen molar-refractivity contribution in [1.29, 1.82) is 0 Å². The van der Waals surface area contributed by atoms with Gasteiger partial charge in [0.1, 0.15) is 0 Å². The number of benzene rings is 1. The van der Waals surface area contributed by atoms with Crippen LogP contribution in [0.5, 0.6) is 11.5 Å². The zero-order valence-electron chi connectivity index (χ0n) is 15.1. The minimum absolute atomic E-state index is 0.0252. The van der Waals surface area contributed by atoms with Crippen LogP contribution >= 0.6 is 0 Å².